The number of hydrogen-bond donors (Lipinski definition) is 1. The van der Waals surface area contributed by atoms with Gasteiger partial charge >= 0.3 is 0 Å². The topological polar surface area (TPSA) is 35.6 Å². The van der Waals surface area contributed by atoms with E-state index in [0.29, 0.717) is 18.4 Å². The Morgan fingerprint density at radius 3 is 2.58 bits per heavy atom. The van der Waals surface area contributed by atoms with Gasteiger partial charge in [-0.15, -0.1) is 0 Å². The fourth-order valence-electron chi connectivity index (χ4n) is 2.94. The van der Waals surface area contributed by atoms with Gasteiger partial charge in [0, 0.05) is 19.6 Å². The third-order valence-corrected chi connectivity index (χ3v) is 3.79. The van der Waals surface area contributed by atoms with Crippen LogP contribution in [0.2, 0.25) is 0 Å². The van der Waals surface area contributed by atoms with Crippen LogP contribution in [0, 0.1) is 5.92 Å². The van der Waals surface area contributed by atoms with Gasteiger partial charge in [0.05, 0.1) is 6.54 Å². The van der Waals surface area contributed by atoms with Crippen molar-refractivity contribution in [2.24, 2.45) is 5.92 Å². The molecule has 1 unspecified atom stereocenters. The quantitative estimate of drug-likeness (QED) is 0.726. The summed E-state index contributed by atoms with van der Waals surface area (Å²) in [6.45, 7) is 9.91. The van der Waals surface area contributed by atoms with Crippen LogP contribution in [0.5, 0.6) is 0 Å². The number of hydrogen-bond acceptors (Lipinski definition) is 3. The van der Waals surface area contributed by atoms with E-state index < -0.39 is 0 Å². The summed E-state index contributed by atoms with van der Waals surface area (Å²) >= 11 is 0. The Labute approximate surface area is 118 Å². The van der Waals surface area contributed by atoms with E-state index >= 15 is 0 Å². The van der Waals surface area contributed by atoms with Gasteiger partial charge in [-0.3, -0.25) is 9.69 Å². The highest BCUT2D eigenvalue weighted by Gasteiger charge is 2.22. The van der Waals surface area contributed by atoms with Crippen molar-refractivity contribution in [1.29, 1.82) is 0 Å². The van der Waals surface area contributed by atoms with Crippen LogP contribution in [0.3, 0.4) is 0 Å². The van der Waals surface area contributed by atoms with E-state index in [1.54, 1.807) is 0 Å². The molecule has 0 aromatic carbocycles. The van der Waals surface area contributed by atoms with E-state index in [2.05, 4.69) is 24.1 Å². The maximum atomic E-state index is 12.3. The largest absolute Gasteiger partial charge is 0.342 e. The van der Waals surface area contributed by atoms with Gasteiger partial charge in [-0.1, -0.05) is 13.8 Å². The molecule has 0 aromatic rings. The van der Waals surface area contributed by atoms with Gasteiger partial charge in [0.1, 0.15) is 0 Å². The lowest BCUT2D eigenvalue weighted by Gasteiger charge is -2.33. The van der Waals surface area contributed by atoms with E-state index in [4.69, 9.17) is 0 Å². The molecule has 1 fully saturated rings. The summed E-state index contributed by atoms with van der Waals surface area (Å²) in [7, 11) is 2.01. The minimum Gasteiger partial charge on any atom is -0.342 e. The van der Waals surface area contributed by atoms with Crippen molar-refractivity contribution in [3.05, 3.63) is 0 Å². The lowest BCUT2D eigenvalue weighted by molar-refractivity contribution is -0.133. The lowest BCUT2D eigenvalue weighted by atomic mass is 9.98. The Balaban J connectivity index is 2.40. The molecule has 1 amide bonds. The van der Waals surface area contributed by atoms with Gasteiger partial charge in [0.2, 0.25) is 5.91 Å². The first-order valence-corrected chi connectivity index (χ1v) is 7.85. The van der Waals surface area contributed by atoms with Crippen molar-refractivity contribution in [3.8, 4) is 0 Å². The van der Waals surface area contributed by atoms with Crippen LogP contribution >= 0.6 is 0 Å². The Kier molecular flexibility index (Phi) is 8.07. The van der Waals surface area contributed by atoms with Gasteiger partial charge in [-0.2, -0.15) is 0 Å². The Morgan fingerprint density at radius 2 is 2.00 bits per heavy atom. The number of carbonyl (C=O) groups excluding carboxylic acids is 1. The monoisotopic (exact) mass is 269 g/mol. The van der Waals surface area contributed by atoms with Crippen LogP contribution in [-0.2, 0) is 4.79 Å². The molecular formula is C15H31N3O. The van der Waals surface area contributed by atoms with Gasteiger partial charge in [0.25, 0.3) is 0 Å². The number of rotatable bonds is 8. The predicted octanol–water partition coefficient (Wildman–Crippen LogP) is 1.57. The number of piperidine rings is 1. The van der Waals surface area contributed by atoms with Gasteiger partial charge in [-0.25, -0.2) is 0 Å². The molecule has 0 saturated carbocycles. The molecule has 0 aliphatic carbocycles. The van der Waals surface area contributed by atoms with Crippen molar-refractivity contribution in [1.82, 2.24) is 15.1 Å². The number of nitrogens with one attached hydrogen (secondary N) is 1. The first-order chi connectivity index (χ1) is 9.21. The van der Waals surface area contributed by atoms with E-state index in [1.165, 1.54) is 12.8 Å². The molecular weight excluding hydrogens is 238 g/mol. The minimum atomic E-state index is 0.314. The summed E-state index contributed by atoms with van der Waals surface area (Å²) in [5.74, 6) is 1.02. The number of likely N-dealkylation sites (tertiary alicyclic amines) is 1. The van der Waals surface area contributed by atoms with Crippen molar-refractivity contribution < 1.29 is 4.79 Å². The highest BCUT2D eigenvalue weighted by atomic mass is 16.2. The zero-order valence-corrected chi connectivity index (χ0v) is 13.0. The third-order valence-electron chi connectivity index (χ3n) is 3.79. The van der Waals surface area contributed by atoms with E-state index in [9.17, 15) is 4.79 Å². The number of amides is 1. The Hall–Kier alpha value is -0.610. The van der Waals surface area contributed by atoms with Crippen LogP contribution in [0.4, 0.5) is 0 Å². The summed E-state index contributed by atoms with van der Waals surface area (Å²) < 4.78 is 0. The summed E-state index contributed by atoms with van der Waals surface area (Å²) in [5, 5.41) is 3.25. The standard InChI is InChI=1S/C15H31N3O/c1-4-8-18(9-5-2)15(19)13-17-10-6-7-14(12-17)11-16-3/h14,16H,4-13H2,1-3H3. The first-order valence-electron chi connectivity index (χ1n) is 7.85. The first kappa shape index (κ1) is 16.4. The SMILES string of the molecule is CCCN(CCC)C(=O)CN1CCCC(CNC)C1. The fraction of sp³-hybridized carbons (Fsp3) is 0.933. The van der Waals surface area contributed by atoms with Crippen LogP contribution in [0.1, 0.15) is 39.5 Å². The molecule has 1 saturated heterocycles. The third kappa shape index (κ3) is 5.91. The molecule has 0 radical (unpaired) electrons. The second-order valence-electron chi connectivity index (χ2n) is 5.68. The summed E-state index contributed by atoms with van der Waals surface area (Å²) in [6.07, 6.45) is 4.61. The second-order valence-corrected chi connectivity index (χ2v) is 5.68. The van der Waals surface area contributed by atoms with Crippen molar-refractivity contribution in [3.63, 3.8) is 0 Å². The van der Waals surface area contributed by atoms with Gasteiger partial charge < -0.3 is 10.2 Å². The molecule has 0 aromatic heterocycles. The highest BCUT2D eigenvalue weighted by molar-refractivity contribution is 5.78. The molecule has 1 heterocycles. The summed E-state index contributed by atoms with van der Waals surface area (Å²) in [4.78, 5) is 16.7. The zero-order valence-electron chi connectivity index (χ0n) is 13.0. The van der Waals surface area contributed by atoms with Crippen molar-refractivity contribution in [2.75, 3.05) is 46.3 Å². The summed E-state index contributed by atoms with van der Waals surface area (Å²) in [6, 6.07) is 0. The maximum absolute atomic E-state index is 12.3. The van der Waals surface area contributed by atoms with E-state index in [1.807, 2.05) is 11.9 Å². The number of carbonyl (C=O) groups is 1. The average Bonchev–Trinajstić information content (AvgIpc) is 2.39. The molecule has 1 aliphatic rings. The van der Waals surface area contributed by atoms with Gasteiger partial charge in [-0.05, 0) is 51.7 Å². The van der Waals surface area contributed by atoms with Crippen LogP contribution in [0.15, 0.2) is 0 Å². The normalized spacial score (nSPS) is 20.5. The van der Waals surface area contributed by atoms with E-state index in [0.717, 1.165) is 45.6 Å². The molecule has 112 valence electrons. The average molecular weight is 269 g/mol. The van der Waals surface area contributed by atoms with Crippen LogP contribution in [0.25, 0.3) is 0 Å². The zero-order chi connectivity index (χ0) is 14.1. The molecule has 1 aliphatic heterocycles. The van der Waals surface area contributed by atoms with Crippen molar-refractivity contribution >= 4 is 5.91 Å². The smallest absolute Gasteiger partial charge is 0.236 e. The fourth-order valence-corrected chi connectivity index (χ4v) is 2.94. The van der Waals surface area contributed by atoms with Crippen LogP contribution in [-0.4, -0.2) is 62.0 Å². The highest BCUT2D eigenvalue weighted by Crippen LogP contribution is 2.15. The molecule has 0 spiro atoms. The predicted molar refractivity (Wildman–Crippen MR) is 80.3 cm³/mol. The second kappa shape index (κ2) is 9.32. The Bertz CT molecular complexity index is 250. The minimum absolute atomic E-state index is 0.314. The molecule has 4 heteroatoms. The molecule has 0 bridgehead atoms. The van der Waals surface area contributed by atoms with Crippen LogP contribution < -0.4 is 5.32 Å². The molecule has 19 heavy (non-hydrogen) atoms. The van der Waals surface area contributed by atoms with E-state index in [-0.39, 0.29) is 0 Å². The van der Waals surface area contributed by atoms with Gasteiger partial charge in [0.15, 0.2) is 0 Å². The maximum Gasteiger partial charge on any atom is 0.236 e. The Morgan fingerprint density at radius 1 is 1.32 bits per heavy atom. The molecule has 1 atom stereocenters. The number of nitrogens with zero attached hydrogens (tertiary/aromatic N) is 2. The summed E-state index contributed by atoms with van der Waals surface area (Å²) in [5.41, 5.74) is 0. The molecule has 1 rings (SSSR count). The molecule has 4 nitrogen and oxygen atoms in total. The lowest BCUT2D eigenvalue weighted by Crippen LogP contribution is -2.46. The molecule has 1 N–H and O–H groups in total. The van der Waals surface area contributed by atoms with Crippen molar-refractivity contribution in [2.45, 2.75) is 39.5 Å².